The minimum Gasteiger partial charge on any atom is -0.379 e. The molecule has 2 N–H and O–H groups in total. The second-order valence-corrected chi connectivity index (χ2v) is 6.61. The minimum atomic E-state index is -0.0475. The predicted molar refractivity (Wildman–Crippen MR) is 97.6 cm³/mol. The molecule has 0 radical (unpaired) electrons. The molecule has 138 valence electrons. The fourth-order valence-corrected chi connectivity index (χ4v) is 2.78. The molecule has 2 rings (SSSR count). The number of nitrogens with one attached hydrogen (secondary N) is 2. The highest BCUT2D eigenvalue weighted by atomic mass is 16.5. The number of hydrogen-bond acceptors (Lipinski definition) is 3. The van der Waals surface area contributed by atoms with Crippen LogP contribution in [0.4, 0.5) is 4.79 Å². The van der Waals surface area contributed by atoms with Crippen LogP contribution in [0.1, 0.15) is 43.5 Å². The first-order valence-electron chi connectivity index (χ1n) is 9.06. The zero-order chi connectivity index (χ0) is 18.1. The number of hydrogen-bond donors (Lipinski definition) is 2. The van der Waals surface area contributed by atoms with Gasteiger partial charge in [-0.1, -0.05) is 18.2 Å². The van der Waals surface area contributed by atoms with Crippen LogP contribution in [-0.2, 0) is 4.74 Å². The van der Waals surface area contributed by atoms with Crippen LogP contribution in [0.2, 0.25) is 0 Å². The van der Waals surface area contributed by atoms with Crippen LogP contribution in [0.15, 0.2) is 30.3 Å². The molecule has 1 aromatic rings. The van der Waals surface area contributed by atoms with Crippen molar-refractivity contribution in [2.75, 3.05) is 26.2 Å². The van der Waals surface area contributed by atoms with E-state index in [1.807, 2.05) is 36.9 Å². The summed E-state index contributed by atoms with van der Waals surface area (Å²) in [6.07, 6.45) is 2.60. The van der Waals surface area contributed by atoms with Crippen molar-refractivity contribution in [2.45, 2.75) is 45.3 Å². The Hall–Kier alpha value is -2.08. The molecule has 6 heteroatoms. The lowest BCUT2D eigenvalue weighted by molar-refractivity contribution is 0.0771. The van der Waals surface area contributed by atoms with Gasteiger partial charge in [-0.25, -0.2) is 4.79 Å². The van der Waals surface area contributed by atoms with Gasteiger partial charge in [-0.3, -0.25) is 4.79 Å². The lowest BCUT2D eigenvalue weighted by Crippen LogP contribution is -2.49. The Kier molecular flexibility index (Phi) is 7.73. The van der Waals surface area contributed by atoms with Crippen molar-refractivity contribution in [3.63, 3.8) is 0 Å². The van der Waals surface area contributed by atoms with E-state index in [1.54, 1.807) is 12.1 Å². The van der Waals surface area contributed by atoms with Gasteiger partial charge in [-0.05, 0) is 45.2 Å². The Morgan fingerprint density at radius 3 is 2.52 bits per heavy atom. The van der Waals surface area contributed by atoms with Crippen LogP contribution in [0.3, 0.4) is 0 Å². The smallest absolute Gasteiger partial charge is 0.317 e. The zero-order valence-electron chi connectivity index (χ0n) is 15.2. The van der Waals surface area contributed by atoms with Crippen molar-refractivity contribution in [1.29, 1.82) is 0 Å². The second kappa shape index (κ2) is 10.0. The third-order valence-corrected chi connectivity index (χ3v) is 4.20. The van der Waals surface area contributed by atoms with Crippen LogP contribution in [-0.4, -0.2) is 55.2 Å². The molecule has 0 spiro atoms. The van der Waals surface area contributed by atoms with Gasteiger partial charge in [0.25, 0.3) is 5.91 Å². The average molecular weight is 347 g/mol. The number of ether oxygens (including phenoxy) is 1. The van der Waals surface area contributed by atoms with E-state index in [4.69, 9.17) is 4.74 Å². The van der Waals surface area contributed by atoms with Crippen molar-refractivity contribution >= 4 is 11.9 Å². The van der Waals surface area contributed by atoms with Crippen molar-refractivity contribution in [1.82, 2.24) is 15.5 Å². The molecule has 1 saturated heterocycles. The molecule has 1 fully saturated rings. The molecule has 3 amide bonds. The maximum Gasteiger partial charge on any atom is 0.317 e. The summed E-state index contributed by atoms with van der Waals surface area (Å²) >= 11 is 0. The van der Waals surface area contributed by atoms with E-state index in [1.165, 1.54) is 0 Å². The summed E-state index contributed by atoms with van der Waals surface area (Å²) in [6.45, 7) is 6.60. The van der Waals surface area contributed by atoms with Gasteiger partial charge in [-0.15, -0.1) is 0 Å². The summed E-state index contributed by atoms with van der Waals surface area (Å²) in [5.74, 6) is -0.0475. The lowest BCUT2D eigenvalue weighted by atomic mass is 10.0. The van der Waals surface area contributed by atoms with Crippen LogP contribution < -0.4 is 10.6 Å². The summed E-state index contributed by atoms with van der Waals surface area (Å²) < 4.78 is 5.45. The molecule has 1 aliphatic heterocycles. The molecule has 1 aromatic carbocycles. The van der Waals surface area contributed by atoms with E-state index >= 15 is 0 Å². The maximum absolute atomic E-state index is 12.2. The molecule has 0 aromatic heterocycles. The highest BCUT2D eigenvalue weighted by Crippen LogP contribution is 2.11. The summed E-state index contributed by atoms with van der Waals surface area (Å²) in [7, 11) is 0. The molecule has 1 aliphatic rings. The number of piperidine rings is 1. The number of carbonyl (C=O) groups excluding carboxylic acids is 2. The summed E-state index contributed by atoms with van der Waals surface area (Å²) in [6, 6.07) is 9.31. The lowest BCUT2D eigenvalue weighted by Gasteiger charge is -2.32. The molecule has 0 atom stereocenters. The van der Waals surface area contributed by atoms with E-state index in [2.05, 4.69) is 10.6 Å². The van der Waals surface area contributed by atoms with E-state index in [0.717, 1.165) is 19.3 Å². The second-order valence-electron chi connectivity index (χ2n) is 6.61. The van der Waals surface area contributed by atoms with Gasteiger partial charge in [0, 0.05) is 37.8 Å². The fourth-order valence-electron chi connectivity index (χ4n) is 2.78. The summed E-state index contributed by atoms with van der Waals surface area (Å²) in [5, 5.41) is 5.98. The number of amides is 3. The first-order chi connectivity index (χ1) is 12.1. The van der Waals surface area contributed by atoms with Gasteiger partial charge in [0.05, 0.1) is 6.10 Å². The van der Waals surface area contributed by atoms with Gasteiger partial charge < -0.3 is 20.3 Å². The van der Waals surface area contributed by atoms with Crippen molar-refractivity contribution in [3.8, 4) is 0 Å². The van der Waals surface area contributed by atoms with Gasteiger partial charge in [0.1, 0.15) is 0 Å². The van der Waals surface area contributed by atoms with Gasteiger partial charge >= 0.3 is 6.03 Å². The molecule has 1 heterocycles. The van der Waals surface area contributed by atoms with E-state index < -0.39 is 0 Å². The van der Waals surface area contributed by atoms with E-state index in [-0.39, 0.29) is 24.1 Å². The highest BCUT2D eigenvalue weighted by molar-refractivity contribution is 5.94. The van der Waals surface area contributed by atoms with Crippen molar-refractivity contribution in [2.24, 2.45) is 0 Å². The zero-order valence-corrected chi connectivity index (χ0v) is 15.2. The van der Waals surface area contributed by atoms with Gasteiger partial charge in [0.15, 0.2) is 0 Å². The molecule has 25 heavy (non-hydrogen) atoms. The maximum atomic E-state index is 12.2. The normalized spacial score (nSPS) is 15.2. The third kappa shape index (κ3) is 6.74. The topological polar surface area (TPSA) is 70.7 Å². The summed E-state index contributed by atoms with van der Waals surface area (Å²) in [4.78, 5) is 26.1. The quantitative estimate of drug-likeness (QED) is 0.744. The molecule has 0 saturated carbocycles. The predicted octanol–water partition coefficient (Wildman–Crippen LogP) is 2.41. The third-order valence-electron chi connectivity index (χ3n) is 4.20. The molecule has 0 aliphatic carbocycles. The number of likely N-dealkylation sites (tertiary alicyclic amines) is 1. The molecular weight excluding hydrogens is 318 g/mol. The van der Waals surface area contributed by atoms with E-state index in [0.29, 0.717) is 31.8 Å². The average Bonchev–Trinajstić information content (AvgIpc) is 2.62. The van der Waals surface area contributed by atoms with Crippen molar-refractivity contribution in [3.05, 3.63) is 35.9 Å². The number of rotatable bonds is 7. The minimum absolute atomic E-state index is 0.0302. The Labute approximate surface area is 149 Å². The van der Waals surface area contributed by atoms with Crippen molar-refractivity contribution < 1.29 is 14.3 Å². The first kappa shape index (κ1) is 19.2. The number of urea groups is 1. The Morgan fingerprint density at radius 1 is 1.20 bits per heavy atom. The Morgan fingerprint density at radius 2 is 1.88 bits per heavy atom. The monoisotopic (exact) mass is 347 g/mol. The van der Waals surface area contributed by atoms with Gasteiger partial charge in [-0.2, -0.15) is 0 Å². The highest BCUT2D eigenvalue weighted by Gasteiger charge is 2.23. The fraction of sp³-hybridized carbons (Fsp3) is 0.579. The van der Waals surface area contributed by atoms with Crippen LogP contribution in [0.25, 0.3) is 0 Å². The SMILES string of the molecule is CC(C)OCCCNC(=O)N1CCC(NC(=O)c2ccccc2)CC1. The largest absolute Gasteiger partial charge is 0.379 e. The molecule has 0 bridgehead atoms. The Bertz CT molecular complexity index is 540. The van der Waals surface area contributed by atoms with Crippen LogP contribution in [0, 0.1) is 0 Å². The Balaban J connectivity index is 1.64. The number of nitrogens with zero attached hydrogens (tertiary/aromatic N) is 1. The summed E-state index contributed by atoms with van der Waals surface area (Å²) in [5.41, 5.74) is 0.672. The number of benzene rings is 1. The molecule has 6 nitrogen and oxygen atoms in total. The number of carbonyl (C=O) groups is 2. The van der Waals surface area contributed by atoms with Crippen LogP contribution >= 0.6 is 0 Å². The first-order valence-corrected chi connectivity index (χ1v) is 9.06. The molecule has 0 unspecified atom stereocenters. The standard InChI is InChI=1S/C19H29N3O3/c1-15(2)25-14-6-11-20-19(24)22-12-9-17(10-13-22)21-18(23)16-7-4-3-5-8-16/h3-5,7-8,15,17H,6,9-14H2,1-2H3,(H,20,24)(H,21,23). The molecular formula is C19H29N3O3. The van der Waals surface area contributed by atoms with Crippen LogP contribution in [0.5, 0.6) is 0 Å². The van der Waals surface area contributed by atoms with E-state index in [9.17, 15) is 9.59 Å². The van der Waals surface area contributed by atoms with Gasteiger partial charge in [0.2, 0.25) is 0 Å².